The molecule has 3 aromatic heterocycles. The van der Waals surface area contributed by atoms with Crippen molar-refractivity contribution in [3.05, 3.63) is 39.7 Å². The summed E-state index contributed by atoms with van der Waals surface area (Å²) >= 11 is 1.65. The van der Waals surface area contributed by atoms with Gasteiger partial charge in [0.1, 0.15) is 17.1 Å². The minimum atomic E-state index is 0.252. The second-order valence-corrected chi connectivity index (χ2v) is 6.68. The number of aryl methyl sites for hydroxylation is 2. The summed E-state index contributed by atoms with van der Waals surface area (Å²) in [5, 5.41) is 12.1. The van der Waals surface area contributed by atoms with Crippen molar-refractivity contribution in [2.24, 2.45) is 0 Å². The van der Waals surface area contributed by atoms with Crippen LogP contribution >= 0.6 is 11.3 Å². The standard InChI is InChI=1S/C16H18N4O2S/c1-10-15(19-22-18-10)14-4-3-6-20(14)8-13-11(2)21-16(17-13)12-5-7-23-9-12/h5,7,9,14H,3-4,6,8H2,1-2H3/t14-/m0/s1. The number of hydrogen-bond acceptors (Lipinski definition) is 7. The van der Waals surface area contributed by atoms with E-state index in [-0.39, 0.29) is 6.04 Å². The van der Waals surface area contributed by atoms with E-state index < -0.39 is 0 Å². The highest BCUT2D eigenvalue weighted by molar-refractivity contribution is 7.08. The van der Waals surface area contributed by atoms with E-state index in [1.165, 1.54) is 0 Å². The van der Waals surface area contributed by atoms with E-state index in [4.69, 9.17) is 14.0 Å². The number of likely N-dealkylation sites (tertiary alicyclic amines) is 1. The predicted molar refractivity (Wildman–Crippen MR) is 86.0 cm³/mol. The van der Waals surface area contributed by atoms with Crippen molar-refractivity contribution in [2.45, 2.75) is 39.3 Å². The van der Waals surface area contributed by atoms with Gasteiger partial charge in [0.15, 0.2) is 0 Å². The van der Waals surface area contributed by atoms with Crippen LogP contribution in [0.2, 0.25) is 0 Å². The van der Waals surface area contributed by atoms with Crippen LogP contribution in [-0.4, -0.2) is 26.7 Å². The third kappa shape index (κ3) is 2.70. The predicted octanol–water partition coefficient (Wildman–Crippen LogP) is 3.74. The fourth-order valence-corrected chi connectivity index (χ4v) is 3.77. The Kier molecular flexibility index (Phi) is 3.74. The van der Waals surface area contributed by atoms with Crippen LogP contribution in [0.1, 0.15) is 41.7 Å². The molecule has 0 unspecified atom stereocenters. The number of oxazole rings is 1. The molecule has 0 bridgehead atoms. The maximum atomic E-state index is 5.84. The van der Waals surface area contributed by atoms with Crippen LogP contribution in [-0.2, 0) is 6.54 Å². The molecule has 23 heavy (non-hydrogen) atoms. The zero-order chi connectivity index (χ0) is 15.8. The second-order valence-electron chi connectivity index (χ2n) is 5.90. The van der Waals surface area contributed by atoms with Gasteiger partial charge in [-0.25, -0.2) is 9.61 Å². The molecule has 1 saturated heterocycles. The van der Waals surface area contributed by atoms with Gasteiger partial charge >= 0.3 is 0 Å². The van der Waals surface area contributed by atoms with Gasteiger partial charge in [0.25, 0.3) is 0 Å². The Morgan fingerprint density at radius 1 is 1.35 bits per heavy atom. The summed E-state index contributed by atoms with van der Waals surface area (Å²) in [5.74, 6) is 1.58. The molecule has 0 saturated carbocycles. The Hall–Kier alpha value is -1.99. The summed E-state index contributed by atoms with van der Waals surface area (Å²) in [4.78, 5) is 7.08. The highest BCUT2D eigenvalue weighted by atomic mass is 32.1. The summed E-state index contributed by atoms with van der Waals surface area (Å²) in [5.41, 5.74) is 3.85. The maximum absolute atomic E-state index is 5.84. The summed E-state index contributed by atoms with van der Waals surface area (Å²) in [7, 11) is 0. The molecule has 7 heteroatoms. The molecule has 0 N–H and O–H groups in total. The molecule has 1 aliphatic rings. The molecule has 120 valence electrons. The van der Waals surface area contributed by atoms with Crippen molar-refractivity contribution in [1.82, 2.24) is 20.2 Å². The zero-order valence-corrected chi connectivity index (χ0v) is 14.0. The Morgan fingerprint density at radius 2 is 2.26 bits per heavy atom. The lowest BCUT2D eigenvalue weighted by Crippen LogP contribution is -2.24. The fraction of sp³-hybridized carbons (Fsp3) is 0.438. The lowest BCUT2D eigenvalue weighted by atomic mass is 10.1. The lowest BCUT2D eigenvalue weighted by molar-refractivity contribution is 0.228. The third-order valence-electron chi connectivity index (χ3n) is 4.38. The molecule has 0 aromatic carbocycles. The molecule has 1 atom stereocenters. The fourth-order valence-electron chi connectivity index (χ4n) is 3.14. The number of thiophene rings is 1. The van der Waals surface area contributed by atoms with Crippen LogP contribution in [0.4, 0.5) is 0 Å². The van der Waals surface area contributed by atoms with Crippen LogP contribution in [0.3, 0.4) is 0 Å². The van der Waals surface area contributed by atoms with Gasteiger partial charge in [0, 0.05) is 17.5 Å². The van der Waals surface area contributed by atoms with E-state index in [0.29, 0.717) is 5.89 Å². The van der Waals surface area contributed by atoms with Crippen LogP contribution in [0.15, 0.2) is 25.9 Å². The van der Waals surface area contributed by atoms with E-state index in [1.807, 2.05) is 25.3 Å². The van der Waals surface area contributed by atoms with Gasteiger partial charge in [0.2, 0.25) is 5.89 Å². The SMILES string of the molecule is Cc1nonc1[C@@H]1CCCN1Cc1nc(-c2ccsc2)oc1C. The number of nitrogens with zero attached hydrogens (tertiary/aromatic N) is 4. The van der Waals surface area contributed by atoms with Gasteiger partial charge in [0.05, 0.1) is 11.7 Å². The van der Waals surface area contributed by atoms with E-state index in [0.717, 1.165) is 54.3 Å². The first-order valence-corrected chi connectivity index (χ1v) is 8.68. The normalized spacial score (nSPS) is 18.8. The van der Waals surface area contributed by atoms with E-state index >= 15 is 0 Å². The van der Waals surface area contributed by atoms with Gasteiger partial charge in [-0.1, -0.05) is 10.3 Å². The van der Waals surface area contributed by atoms with E-state index in [9.17, 15) is 0 Å². The highest BCUT2D eigenvalue weighted by Gasteiger charge is 2.31. The minimum absolute atomic E-state index is 0.252. The molecular formula is C16H18N4O2S. The molecule has 0 radical (unpaired) electrons. The first-order chi connectivity index (χ1) is 11.2. The van der Waals surface area contributed by atoms with Crippen molar-refractivity contribution in [2.75, 3.05) is 6.54 Å². The van der Waals surface area contributed by atoms with E-state index in [1.54, 1.807) is 11.3 Å². The van der Waals surface area contributed by atoms with Crippen molar-refractivity contribution in [3.8, 4) is 11.5 Å². The average Bonchev–Trinajstić information content (AvgIpc) is 3.28. The number of hydrogen-bond donors (Lipinski definition) is 0. The van der Waals surface area contributed by atoms with Gasteiger partial charge in [-0.05, 0) is 44.7 Å². The molecule has 4 heterocycles. The van der Waals surface area contributed by atoms with Crippen molar-refractivity contribution >= 4 is 11.3 Å². The van der Waals surface area contributed by atoms with Crippen LogP contribution < -0.4 is 0 Å². The van der Waals surface area contributed by atoms with Gasteiger partial charge < -0.3 is 4.42 Å². The quantitative estimate of drug-likeness (QED) is 0.726. The first kappa shape index (κ1) is 14.6. The van der Waals surface area contributed by atoms with Gasteiger partial charge in [-0.2, -0.15) is 11.3 Å². The minimum Gasteiger partial charge on any atom is -0.441 e. The second kappa shape index (κ2) is 5.90. The summed E-state index contributed by atoms with van der Waals surface area (Å²) < 4.78 is 10.7. The Labute approximate surface area is 138 Å². The Balaban J connectivity index is 1.57. The van der Waals surface area contributed by atoms with E-state index in [2.05, 4.69) is 20.6 Å². The number of aromatic nitrogens is 3. The monoisotopic (exact) mass is 330 g/mol. The van der Waals surface area contributed by atoms with Crippen molar-refractivity contribution < 1.29 is 9.05 Å². The van der Waals surface area contributed by atoms with Gasteiger partial charge in [-0.15, -0.1) is 0 Å². The lowest BCUT2D eigenvalue weighted by Gasteiger charge is -2.21. The molecule has 3 aromatic rings. The smallest absolute Gasteiger partial charge is 0.227 e. The Bertz CT molecular complexity index is 793. The molecule has 0 aliphatic carbocycles. The number of rotatable bonds is 4. The average molecular weight is 330 g/mol. The molecule has 1 fully saturated rings. The summed E-state index contributed by atoms with van der Waals surface area (Å²) in [6.45, 7) is 5.71. The molecule has 0 amide bonds. The Morgan fingerprint density at radius 3 is 3.00 bits per heavy atom. The van der Waals surface area contributed by atoms with Crippen LogP contribution in [0.25, 0.3) is 11.5 Å². The first-order valence-electron chi connectivity index (χ1n) is 7.74. The molecule has 0 spiro atoms. The molecule has 1 aliphatic heterocycles. The molecular weight excluding hydrogens is 312 g/mol. The summed E-state index contributed by atoms with van der Waals surface area (Å²) in [6, 6.07) is 2.28. The van der Waals surface area contributed by atoms with Crippen molar-refractivity contribution in [3.63, 3.8) is 0 Å². The largest absolute Gasteiger partial charge is 0.441 e. The molecule has 4 rings (SSSR count). The third-order valence-corrected chi connectivity index (χ3v) is 5.06. The highest BCUT2D eigenvalue weighted by Crippen LogP contribution is 2.34. The van der Waals surface area contributed by atoms with Crippen LogP contribution in [0.5, 0.6) is 0 Å². The topological polar surface area (TPSA) is 68.2 Å². The maximum Gasteiger partial charge on any atom is 0.227 e. The van der Waals surface area contributed by atoms with Crippen molar-refractivity contribution in [1.29, 1.82) is 0 Å². The van der Waals surface area contributed by atoms with Crippen LogP contribution in [0, 0.1) is 13.8 Å². The van der Waals surface area contributed by atoms with Gasteiger partial charge in [-0.3, -0.25) is 4.90 Å². The summed E-state index contributed by atoms with van der Waals surface area (Å²) in [6.07, 6.45) is 2.22. The molecule has 6 nitrogen and oxygen atoms in total. The zero-order valence-electron chi connectivity index (χ0n) is 13.2.